The Morgan fingerprint density at radius 3 is 2.46 bits per heavy atom. The second kappa shape index (κ2) is 11.1. The van der Waals surface area contributed by atoms with Gasteiger partial charge in [0, 0.05) is 22.5 Å². The fraction of sp³-hybridized carbons (Fsp3) is 0.179. The van der Waals surface area contributed by atoms with Crippen molar-refractivity contribution in [3.63, 3.8) is 0 Å². The highest BCUT2D eigenvalue weighted by Crippen LogP contribution is 2.26. The van der Waals surface area contributed by atoms with Crippen LogP contribution in [0.1, 0.15) is 28.1 Å². The number of ether oxygens (including phenoxy) is 2. The molecule has 3 aromatic carbocycles. The van der Waals surface area contributed by atoms with Crippen LogP contribution in [0.5, 0.6) is 5.75 Å². The summed E-state index contributed by atoms with van der Waals surface area (Å²) in [4.78, 5) is 38.3. The maximum absolute atomic E-state index is 13.0. The van der Waals surface area contributed by atoms with E-state index < -0.39 is 23.1 Å². The van der Waals surface area contributed by atoms with Gasteiger partial charge in [0.05, 0.1) is 13.0 Å². The molecular formula is C28H23BrO6. The Labute approximate surface area is 210 Å². The van der Waals surface area contributed by atoms with Gasteiger partial charge in [0.2, 0.25) is 0 Å². The van der Waals surface area contributed by atoms with Crippen molar-refractivity contribution in [2.24, 2.45) is 5.92 Å². The molecule has 7 heteroatoms. The lowest BCUT2D eigenvalue weighted by atomic mass is 9.93. The monoisotopic (exact) mass is 534 g/mol. The Bertz CT molecular complexity index is 1410. The van der Waals surface area contributed by atoms with Gasteiger partial charge in [-0.05, 0) is 30.2 Å². The van der Waals surface area contributed by atoms with Crippen molar-refractivity contribution >= 4 is 38.7 Å². The molecule has 0 saturated carbocycles. The van der Waals surface area contributed by atoms with Crippen molar-refractivity contribution < 1.29 is 23.5 Å². The highest BCUT2D eigenvalue weighted by Gasteiger charge is 2.26. The molecule has 0 fully saturated rings. The summed E-state index contributed by atoms with van der Waals surface area (Å²) in [5.41, 5.74) is 1.67. The van der Waals surface area contributed by atoms with Crippen LogP contribution >= 0.6 is 15.9 Å². The van der Waals surface area contributed by atoms with Gasteiger partial charge in [-0.25, -0.2) is 0 Å². The van der Waals surface area contributed by atoms with E-state index in [1.165, 1.54) is 7.11 Å². The highest BCUT2D eigenvalue weighted by molar-refractivity contribution is 9.10. The van der Waals surface area contributed by atoms with Crippen LogP contribution < -0.4 is 10.2 Å². The highest BCUT2D eigenvalue weighted by atomic mass is 79.9. The fourth-order valence-electron chi connectivity index (χ4n) is 3.84. The molecule has 1 aromatic heterocycles. The van der Waals surface area contributed by atoms with Crippen molar-refractivity contribution in [1.29, 1.82) is 0 Å². The van der Waals surface area contributed by atoms with Crippen LogP contribution in [-0.4, -0.2) is 18.9 Å². The van der Waals surface area contributed by atoms with Crippen molar-refractivity contribution in [3.05, 3.63) is 110 Å². The van der Waals surface area contributed by atoms with E-state index in [0.29, 0.717) is 12.2 Å². The number of benzene rings is 3. The van der Waals surface area contributed by atoms with E-state index in [9.17, 15) is 14.4 Å². The number of Topliss-reactive ketones (excluding diaryl/α,β-unsaturated/α-hetero) is 1. The molecule has 0 N–H and O–H groups in total. The van der Waals surface area contributed by atoms with E-state index in [1.807, 2.05) is 54.6 Å². The van der Waals surface area contributed by atoms with Crippen LogP contribution in [0, 0.1) is 5.92 Å². The summed E-state index contributed by atoms with van der Waals surface area (Å²) in [5, 5.41) is 0.255. The van der Waals surface area contributed by atoms with Crippen LogP contribution in [-0.2, 0) is 22.6 Å². The number of fused-ring (bicyclic) bond motifs is 1. The van der Waals surface area contributed by atoms with Crippen LogP contribution in [0.25, 0.3) is 11.0 Å². The average Bonchev–Trinajstić information content (AvgIpc) is 2.87. The minimum atomic E-state index is -0.699. The van der Waals surface area contributed by atoms with E-state index in [2.05, 4.69) is 15.9 Å². The minimum absolute atomic E-state index is 0.104. The molecule has 0 radical (unpaired) electrons. The minimum Gasteiger partial charge on any atom is -0.488 e. The van der Waals surface area contributed by atoms with Gasteiger partial charge in [-0.3, -0.25) is 14.4 Å². The molecular weight excluding hydrogens is 512 g/mol. The van der Waals surface area contributed by atoms with Crippen molar-refractivity contribution in [2.45, 2.75) is 19.4 Å². The molecule has 6 nitrogen and oxygen atoms in total. The van der Waals surface area contributed by atoms with Crippen molar-refractivity contribution in [3.8, 4) is 5.75 Å². The number of rotatable bonds is 9. The van der Waals surface area contributed by atoms with Gasteiger partial charge in [-0.1, -0.05) is 70.5 Å². The largest absolute Gasteiger partial charge is 0.488 e. The molecule has 0 spiro atoms. The number of carbonyl (C=O) groups excluding carboxylic acids is 2. The summed E-state index contributed by atoms with van der Waals surface area (Å²) in [7, 11) is 1.29. The molecule has 1 heterocycles. The maximum atomic E-state index is 13.0. The topological polar surface area (TPSA) is 82.8 Å². The number of halogens is 1. The standard InChI is InChI=1S/C28H23BrO6/c1-33-28(32)20(14-18-8-3-2-4-9-18)15-22(30)26-16-23(31)27-24(12-7-13-25(27)35-26)34-17-19-10-5-6-11-21(19)29/h2-13,16,20H,14-15,17H2,1H3/t20-/m1/s1. The first-order chi connectivity index (χ1) is 17.0. The van der Waals surface area contributed by atoms with E-state index in [0.717, 1.165) is 21.7 Å². The molecule has 0 aliphatic rings. The summed E-state index contributed by atoms with van der Waals surface area (Å²) in [5.74, 6) is -1.38. The summed E-state index contributed by atoms with van der Waals surface area (Å²) >= 11 is 3.48. The Morgan fingerprint density at radius 1 is 0.971 bits per heavy atom. The van der Waals surface area contributed by atoms with Gasteiger partial charge >= 0.3 is 5.97 Å². The van der Waals surface area contributed by atoms with E-state index in [1.54, 1.807) is 18.2 Å². The molecule has 0 aliphatic carbocycles. The number of hydrogen-bond acceptors (Lipinski definition) is 6. The maximum Gasteiger partial charge on any atom is 0.309 e. The number of hydrogen-bond donors (Lipinski definition) is 0. The summed E-state index contributed by atoms with van der Waals surface area (Å²) in [6, 6.07) is 23.2. The molecule has 1 atom stereocenters. The molecule has 0 aliphatic heterocycles. The fourth-order valence-corrected chi connectivity index (χ4v) is 4.23. The number of methoxy groups -OCH3 is 1. The van der Waals surface area contributed by atoms with Gasteiger partial charge in [0.15, 0.2) is 17.0 Å². The molecule has 0 saturated heterocycles. The lowest BCUT2D eigenvalue weighted by Crippen LogP contribution is -2.22. The van der Waals surface area contributed by atoms with Gasteiger partial charge in [0.1, 0.15) is 23.3 Å². The first-order valence-electron chi connectivity index (χ1n) is 11.0. The zero-order valence-corrected chi connectivity index (χ0v) is 20.6. The first kappa shape index (κ1) is 24.4. The summed E-state index contributed by atoms with van der Waals surface area (Å²) < 4.78 is 17.5. The van der Waals surface area contributed by atoms with Gasteiger partial charge in [0.25, 0.3) is 0 Å². The molecule has 0 amide bonds. The quantitative estimate of drug-likeness (QED) is 0.201. The summed E-state index contributed by atoms with van der Waals surface area (Å²) in [6.07, 6.45) is 0.193. The third-order valence-corrected chi connectivity index (χ3v) is 6.40. The molecule has 4 aromatic rings. The number of carbonyl (C=O) groups is 2. The SMILES string of the molecule is COC(=O)[C@@H](CC(=O)c1cc(=O)c2c(OCc3ccccc3Br)cccc2o1)Cc1ccccc1. The van der Waals surface area contributed by atoms with Crippen LogP contribution in [0.15, 0.2) is 92.5 Å². The predicted octanol–water partition coefficient (Wildman–Crippen LogP) is 5.74. The van der Waals surface area contributed by atoms with Gasteiger partial charge in [-0.2, -0.15) is 0 Å². The van der Waals surface area contributed by atoms with Crippen molar-refractivity contribution in [2.75, 3.05) is 7.11 Å². The second-order valence-corrected chi connectivity index (χ2v) is 8.88. The third kappa shape index (κ3) is 5.87. The Kier molecular flexibility index (Phi) is 7.77. The van der Waals surface area contributed by atoms with Crippen LogP contribution in [0.4, 0.5) is 0 Å². The lowest BCUT2D eigenvalue weighted by molar-refractivity contribution is -0.145. The van der Waals surface area contributed by atoms with Gasteiger partial charge in [-0.15, -0.1) is 0 Å². The normalized spacial score (nSPS) is 11.7. The Balaban J connectivity index is 1.57. The molecule has 4 rings (SSSR count). The molecule has 0 bridgehead atoms. The van der Waals surface area contributed by atoms with Crippen LogP contribution in [0.3, 0.4) is 0 Å². The smallest absolute Gasteiger partial charge is 0.309 e. The van der Waals surface area contributed by atoms with Crippen LogP contribution in [0.2, 0.25) is 0 Å². The zero-order chi connectivity index (χ0) is 24.8. The Morgan fingerprint density at radius 2 is 1.71 bits per heavy atom. The molecule has 35 heavy (non-hydrogen) atoms. The number of ketones is 1. The third-order valence-electron chi connectivity index (χ3n) is 5.62. The first-order valence-corrected chi connectivity index (χ1v) is 11.8. The van der Waals surface area contributed by atoms with E-state index >= 15 is 0 Å². The average molecular weight is 535 g/mol. The zero-order valence-electron chi connectivity index (χ0n) is 19.0. The molecule has 0 unspecified atom stereocenters. The predicted molar refractivity (Wildman–Crippen MR) is 136 cm³/mol. The van der Waals surface area contributed by atoms with E-state index in [4.69, 9.17) is 13.9 Å². The second-order valence-electron chi connectivity index (χ2n) is 8.02. The van der Waals surface area contributed by atoms with E-state index in [-0.39, 0.29) is 29.8 Å². The number of esters is 1. The molecule has 178 valence electrons. The summed E-state index contributed by atoms with van der Waals surface area (Å²) in [6.45, 7) is 0.251. The lowest BCUT2D eigenvalue weighted by Gasteiger charge is -2.14. The van der Waals surface area contributed by atoms with Gasteiger partial charge < -0.3 is 13.9 Å². The van der Waals surface area contributed by atoms with Crippen molar-refractivity contribution in [1.82, 2.24) is 0 Å². The Hall–Kier alpha value is -3.71.